The molecule has 75 valence electrons. The normalized spacial score (nSPS) is 30.8. The fourth-order valence-corrected chi connectivity index (χ4v) is 2.13. The Hall–Kier alpha value is -1.82. The second kappa shape index (κ2) is 2.85. The summed E-state index contributed by atoms with van der Waals surface area (Å²) in [4.78, 5) is 0. The molecule has 16 heavy (non-hydrogen) atoms. The Morgan fingerprint density at radius 2 is 2.00 bits per heavy atom. The number of hydrogen-bond acceptors (Lipinski definition) is 0. The molecule has 1 unspecified atom stereocenters. The lowest BCUT2D eigenvalue weighted by Crippen LogP contribution is -2.06. The molecule has 0 nitrogen and oxygen atoms in total. The molecular formula is C16H11. The van der Waals surface area contributed by atoms with Gasteiger partial charge >= 0.3 is 0 Å². The van der Waals surface area contributed by atoms with Gasteiger partial charge < -0.3 is 0 Å². The van der Waals surface area contributed by atoms with Crippen LogP contribution in [0.25, 0.3) is 16.8 Å². The van der Waals surface area contributed by atoms with Crippen LogP contribution in [0, 0.1) is 6.42 Å². The highest BCUT2D eigenvalue weighted by molar-refractivity contribution is 5.97. The number of allylic oxidation sites excluding steroid dienone is 3. The van der Waals surface area contributed by atoms with E-state index in [1.54, 1.807) is 0 Å². The van der Waals surface area contributed by atoms with Crippen LogP contribution in [-0.4, -0.2) is 0 Å². The predicted octanol–water partition coefficient (Wildman–Crippen LogP) is 4.07. The van der Waals surface area contributed by atoms with Crippen LogP contribution in [0.1, 0.15) is 34.9 Å². The maximum atomic E-state index is 8.27. The van der Waals surface area contributed by atoms with Crippen LogP contribution in [-0.2, 0) is 0 Å². The summed E-state index contributed by atoms with van der Waals surface area (Å²) < 4.78 is 73.3. The molecule has 2 aliphatic carbocycles. The minimum atomic E-state index is -1.02. The lowest BCUT2D eigenvalue weighted by atomic mass is 9.79. The first-order chi connectivity index (χ1) is 11.7. The molecular weight excluding hydrogens is 192 g/mol. The second-order valence-corrected chi connectivity index (χ2v) is 3.71. The molecule has 0 saturated carbocycles. The van der Waals surface area contributed by atoms with Gasteiger partial charge in [0.15, 0.2) is 0 Å². The third kappa shape index (κ3) is 0.943. The third-order valence-corrected chi connectivity index (χ3v) is 2.83. The van der Waals surface area contributed by atoms with Crippen LogP contribution < -0.4 is 0 Å². The number of benzene rings is 2. The molecule has 1 atom stereocenters. The van der Waals surface area contributed by atoms with Gasteiger partial charge in [0.05, 0.1) is 12.3 Å². The Morgan fingerprint density at radius 1 is 1.00 bits per heavy atom. The summed E-state index contributed by atoms with van der Waals surface area (Å²) in [7, 11) is 0. The summed E-state index contributed by atoms with van der Waals surface area (Å²) in [5.41, 5.74) is 0.546. The second-order valence-electron chi connectivity index (χ2n) is 3.71. The van der Waals surface area contributed by atoms with E-state index in [4.69, 9.17) is 12.3 Å². The zero-order valence-corrected chi connectivity index (χ0v) is 8.15. The summed E-state index contributed by atoms with van der Waals surface area (Å²) >= 11 is 0. The summed E-state index contributed by atoms with van der Waals surface area (Å²) in [5.74, 6) is -1.02. The van der Waals surface area contributed by atoms with E-state index in [9.17, 15) is 0 Å². The van der Waals surface area contributed by atoms with Crippen molar-refractivity contribution in [3.05, 3.63) is 71.5 Å². The van der Waals surface area contributed by atoms with E-state index in [1.807, 2.05) is 0 Å². The molecule has 0 bridgehead atoms. The van der Waals surface area contributed by atoms with Crippen molar-refractivity contribution < 1.29 is 12.3 Å². The summed E-state index contributed by atoms with van der Waals surface area (Å²) in [5, 5.41) is 0.220. The summed E-state index contributed by atoms with van der Waals surface area (Å²) in [6.07, 6.45) is 1.29. The van der Waals surface area contributed by atoms with Gasteiger partial charge in [-0.15, -0.1) is 0 Å². The number of hydrogen-bond donors (Lipinski definition) is 0. The molecule has 0 saturated heterocycles. The van der Waals surface area contributed by atoms with Crippen LogP contribution >= 0.6 is 0 Å². The first-order valence-corrected chi connectivity index (χ1v) is 4.94. The van der Waals surface area contributed by atoms with Crippen molar-refractivity contribution in [2.24, 2.45) is 0 Å². The van der Waals surface area contributed by atoms with Crippen molar-refractivity contribution in [3.8, 4) is 0 Å². The van der Waals surface area contributed by atoms with Crippen molar-refractivity contribution in [2.75, 3.05) is 0 Å². The van der Waals surface area contributed by atoms with E-state index in [2.05, 4.69) is 0 Å². The molecule has 0 amide bonds. The van der Waals surface area contributed by atoms with Crippen LogP contribution in [0.3, 0.4) is 0 Å². The lowest BCUT2D eigenvalue weighted by molar-refractivity contribution is 1.06. The molecule has 0 heterocycles. The molecule has 0 N–H and O–H groups in total. The van der Waals surface area contributed by atoms with Gasteiger partial charge in [-0.25, -0.2) is 0 Å². The fraction of sp³-hybridized carbons (Fsp3) is 0.0625. The largest absolute Gasteiger partial charge is 0.0792 e. The van der Waals surface area contributed by atoms with Crippen LogP contribution in [0.4, 0.5) is 0 Å². The Bertz CT molecular complexity index is 1060. The first-order valence-electron chi connectivity index (χ1n) is 9.44. The minimum absolute atomic E-state index is 0.00312. The van der Waals surface area contributed by atoms with Crippen molar-refractivity contribution in [1.82, 2.24) is 0 Å². The maximum absolute atomic E-state index is 8.27. The van der Waals surface area contributed by atoms with Crippen molar-refractivity contribution in [1.29, 1.82) is 0 Å². The molecule has 0 aromatic heterocycles. The molecule has 0 aliphatic heterocycles. The van der Waals surface area contributed by atoms with Gasteiger partial charge in [-0.1, -0.05) is 54.4 Å². The zero-order valence-electron chi connectivity index (χ0n) is 17.2. The van der Waals surface area contributed by atoms with E-state index < -0.39 is 12.0 Å². The lowest BCUT2D eigenvalue weighted by Gasteiger charge is -2.24. The third-order valence-electron chi connectivity index (χ3n) is 2.83. The van der Waals surface area contributed by atoms with Gasteiger partial charge in [-0.05, 0) is 27.5 Å². The average Bonchev–Trinajstić information content (AvgIpc) is 2.57. The van der Waals surface area contributed by atoms with Gasteiger partial charge in [0.25, 0.3) is 0 Å². The van der Waals surface area contributed by atoms with Crippen LogP contribution in [0.5, 0.6) is 0 Å². The van der Waals surface area contributed by atoms with Crippen LogP contribution in [0.15, 0.2) is 48.4 Å². The summed E-state index contributed by atoms with van der Waals surface area (Å²) in [6.45, 7) is 0. The Balaban J connectivity index is 2.37. The molecule has 0 fully saturated rings. The molecule has 1 radical (unpaired) electrons. The van der Waals surface area contributed by atoms with Crippen molar-refractivity contribution in [3.63, 3.8) is 0 Å². The quantitative estimate of drug-likeness (QED) is 0.617. The Kier molecular flexibility index (Phi) is 0.641. The monoisotopic (exact) mass is 212 g/mol. The average molecular weight is 212 g/mol. The standard InChI is InChI=1S/C16H11/c1-3-11-7-9-13-5-2-6-14-10-8-12(4-1)15(11)16(13)14/h1-11H/i1D,2D,3D,5D,6D,7D,8D,9D,10D. The van der Waals surface area contributed by atoms with E-state index >= 15 is 0 Å². The summed E-state index contributed by atoms with van der Waals surface area (Å²) in [6, 6.07) is -2.67. The van der Waals surface area contributed by atoms with E-state index in [0.717, 1.165) is 0 Å². The molecule has 2 aromatic carbocycles. The topological polar surface area (TPSA) is 0 Å². The molecule has 4 rings (SSSR count). The van der Waals surface area contributed by atoms with Gasteiger partial charge in [0, 0.05) is 12.3 Å². The molecule has 2 aromatic rings. The molecule has 0 heteroatoms. The Morgan fingerprint density at radius 3 is 3.00 bits per heavy atom. The van der Waals surface area contributed by atoms with E-state index in [1.165, 1.54) is 6.42 Å². The maximum Gasteiger partial charge on any atom is 0.0629 e. The Labute approximate surface area is 108 Å². The van der Waals surface area contributed by atoms with Gasteiger partial charge in [-0.2, -0.15) is 0 Å². The van der Waals surface area contributed by atoms with E-state index in [-0.39, 0.29) is 70.3 Å². The smallest absolute Gasteiger partial charge is 0.0629 e. The van der Waals surface area contributed by atoms with Crippen molar-refractivity contribution >= 4 is 16.8 Å². The minimum Gasteiger partial charge on any atom is -0.0792 e. The zero-order chi connectivity index (χ0) is 18.4. The highest BCUT2D eigenvalue weighted by atomic mass is 14.2. The molecule has 0 spiro atoms. The predicted molar refractivity (Wildman–Crippen MR) is 68.3 cm³/mol. The molecule has 2 aliphatic rings. The SMILES string of the molecule is [2H]C1=C([2H])C2C([2H])=C([2H])c3c([2H])c([2H])c([2H])c4c([2H])c([2H])c(c2c34)[CH]1. The van der Waals surface area contributed by atoms with Gasteiger partial charge in [0.1, 0.15) is 0 Å². The highest BCUT2D eigenvalue weighted by Crippen LogP contribution is 2.40. The van der Waals surface area contributed by atoms with E-state index in [0.29, 0.717) is 5.56 Å². The van der Waals surface area contributed by atoms with Gasteiger partial charge in [0.2, 0.25) is 0 Å². The van der Waals surface area contributed by atoms with Crippen LogP contribution in [0.2, 0.25) is 0 Å². The first kappa shape index (κ1) is 3.59. The van der Waals surface area contributed by atoms with Gasteiger partial charge in [-0.3, -0.25) is 0 Å². The highest BCUT2D eigenvalue weighted by Gasteiger charge is 2.20. The van der Waals surface area contributed by atoms with Crippen molar-refractivity contribution in [2.45, 2.75) is 5.92 Å². The fourth-order valence-electron chi connectivity index (χ4n) is 2.13. The number of rotatable bonds is 0.